The highest BCUT2D eigenvalue weighted by atomic mass is 16.4. The normalized spacial score (nSPS) is 15.1. The number of benzene rings is 1. The van der Waals surface area contributed by atoms with Gasteiger partial charge in [-0.15, -0.1) is 0 Å². The molecule has 1 N–H and O–H groups in total. The van der Waals surface area contributed by atoms with Gasteiger partial charge in [0.05, 0.1) is 16.6 Å². The van der Waals surface area contributed by atoms with E-state index in [9.17, 15) is 5.26 Å². The third-order valence-electron chi connectivity index (χ3n) is 4.79. The van der Waals surface area contributed by atoms with Crippen molar-refractivity contribution in [2.75, 3.05) is 18.0 Å². The van der Waals surface area contributed by atoms with Gasteiger partial charge in [-0.2, -0.15) is 5.26 Å². The smallest absolute Gasteiger partial charge is 0.196 e. The molecular formula is C20H20N4O. The van der Waals surface area contributed by atoms with Gasteiger partial charge in [0.2, 0.25) is 0 Å². The van der Waals surface area contributed by atoms with E-state index in [1.807, 2.05) is 18.2 Å². The summed E-state index contributed by atoms with van der Waals surface area (Å²) < 4.78 is 5.89. The number of anilines is 1. The second-order valence-electron chi connectivity index (χ2n) is 6.58. The molecule has 0 spiro atoms. The number of aromatic amines is 1. The highest BCUT2D eigenvalue weighted by molar-refractivity contribution is 5.90. The van der Waals surface area contributed by atoms with E-state index >= 15 is 0 Å². The summed E-state index contributed by atoms with van der Waals surface area (Å²) in [5.74, 6) is 2.12. The van der Waals surface area contributed by atoms with E-state index in [1.165, 1.54) is 24.0 Å². The lowest BCUT2D eigenvalue weighted by atomic mass is 10.1. The molecule has 5 heteroatoms. The molecule has 126 valence electrons. The summed E-state index contributed by atoms with van der Waals surface area (Å²) in [6.07, 6.45) is 4.15. The van der Waals surface area contributed by atoms with Crippen LogP contribution in [0, 0.1) is 25.2 Å². The number of allylic oxidation sites excluding steroid dienone is 1. The lowest BCUT2D eigenvalue weighted by molar-refractivity contribution is 0.548. The van der Waals surface area contributed by atoms with Gasteiger partial charge in [0, 0.05) is 25.2 Å². The zero-order valence-corrected chi connectivity index (χ0v) is 14.5. The van der Waals surface area contributed by atoms with Crippen molar-refractivity contribution in [2.24, 2.45) is 0 Å². The average molecular weight is 332 g/mol. The number of aryl methyl sites for hydroxylation is 2. The summed E-state index contributed by atoms with van der Waals surface area (Å²) in [4.78, 5) is 10.0. The van der Waals surface area contributed by atoms with E-state index in [0.29, 0.717) is 17.2 Å². The molecule has 0 saturated carbocycles. The van der Waals surface area contributed by atoms with Crippen molar-refractivity contribution in [3.8, 4) is 6.07 Å². The number of aromatic nitrogens is 2. The monoisotopic (exact) mass is 332 g/mol. The number of fused-ring (bicyclic) bond motifs is 1. The van der Waals surface area contributed by atoms with Crippen molar-refractivity contribution in [1.82, 2.24) is 9.97 Å². The Morgan fingerprint density at radius 1 is 1.24 bits per heavy atom. The molecule has 0 radical (unpaired) electrons. The first-order valence-electron chi connectivity index (χ1n) is 8.58. The van der Waals surface area contributed by atoms with Gasteiger partial charge in [-0.25, -0.2) is 4.98 Å². The Labute approximate surface area is 146 Å². The maximum atomic E-state index is 9.56. The fourth-order valence-corrected chi connectivity index (χ4v) is 3.22. The van der Waals surface area contributed by atoms with Crippen LogP contribution in [0.4, 0.5) is 5.88 Å². The second kappa shape index (κ2) is 6.14. The van der Waals surface area contributed by atoms with Crippen LogP contribution in [0.2, 0.25) is 0 Å². The zero-order chi connectivity index (χ0) is 17.4. The highest BCUT2D eigenvalue weighted by Crippen LogP contribution is 2.26. The highest BCUT2D eigenvalue weighted by Gasteiger charge is 2.16. The Balaban J connectivity index is 1.68. The van der Waals surface area contributed by atoms with Crippen LogP contribution in [-0.4, -0.2) is 23.1 Å². The Bertz CT molecular complexity index is 958. The van der Waals surface area contributed by atoms with Crippen LogP contribution in [0.3, 0.4) is 0 Å². The van der Waals surface area contributed by atoms with Crippen molar-refractivity contribution in [2.45, 2.75) is 26.7 Å². The standard InChI is InChI=1S/C20H20N4O/c1-13-9-17-18(10-14(13)2)23-20(22-17)15(12-21)11-16-5-6-19(25-16)24-7-3-4-8-24/h5-6,9-11H,3-4,7-8H2,1-2H3,(H,22,23)/b15-11-. The number of rotatable bonds is 3. The minimum Gasteiger partial charge on any atom is -0.441 e. The number of nitrogens with one attached hydrogen (secondary N) is 1. The number of hydrogen-bond acceptors (Lipinski definition) is 4. The molecular weight excluding hydrogens is 312 g/mol. The van der Waals surface area contributed by atoms with E-state index in [4.69, 9.17) is 4.42 Å². The fourth-order valence-electron chi connectivity index (χ4n) is 3.22. The van der Waals surface area contributed by atoms with Crippen LogP contribution in [0.25, 0.3) is 22.7 Å². The number of hydrogen-bond donors (Lipinski definition) is 1. The first-order chi connectivity index (χ1) is 12.1. The van der Waals surface area contributed by atoms with Gasteiger partial charge in [0.1, 0.15) is 17.7 Å². The van der Waals surface area contributed by atoms with Gasteiger partial charge in [0.25, 0.3) is 0 Å². The van der Waals surface area contributed by atoms with E-state index in [2.05, 4.69) is 40.9 Å². The summed E-state index contributed by atoms with van der Waals surface area (Å²) >= 11 is 0. The minimum absolute atomic E-state index is 0.467. The quantitative estimate of drug-likeness (QED) is 0.720. The third-order valence-corrected chi connectivity index (χ3v) is 4.79. The summed E-state index contributed by atoms with van der Waals surface area (Å²) in [5.41, 5.74) is 4.67. The molecule has 1 aromatic carbocycles. The predicted molar refractivity (Wildman–Crippen MR) is 99.2 cm³/mol. The lowest BCUT2D eigenvalue weighted by Crippen LogP contribution is -2.16. The summed E-state index contributed by atoms with van der Waals surface area (Å²) in [6.45, 7) is 6.19. The van der Waals surface area contributed by atoms with Crippen molar-refractivity contribution < 1.29 is 4.42 Å². The molecule has 5 nitrogen and oxygen atoms in total. The summed E-state index contributed by atoms with van der Waals surface area (Å²) in [5, 5.41) is 9.56. The Morgan fingerprint density at radius 2 is 2.00 bits per heavy atom. The number of imidazole rings is 1. The van der Waals surface area contributed by atoms with Gasteiger partial charge >= 0.3 is 0 Å². The third kappa shape index (κ3) is 2.91. The minimum atomic E-state index is 0.467. The van der Waals surface area contributed by atoms with Crippen molar-refractivity contribution in [3.05, 3.63) is 47.0 Å². The van der Waals surface area contributed by atoms with E-state index in [-0.39, 0.29) is 0 Å². The maximum Gasteiger partial charge on any atom is 0.196 e. The van der Waals surface area contributed by atoms with Gasteiger partial charge in [-0.1, -0.05) is 0 Å². The number of H-pyrrole nitrogens is 1. The fraction of sp³-hybridized carbons (Fsp3) is 0.300. The topological polar surface area (TPSA) is 68.8 Å². The largest absolute Gasteiger partial charge is 0.441 e. The first kappa shape index (κ1) is 15.5. The van der Waals surface area contributed by atoms with Gasteiger partial charge in [0.15, 0.2) is 5.88 Å². The number of furan rings is 1. The second-order valence-corrected chi connectivity index (χ2v) is 6.58. The molecule has 1 aliphatic rings. The molecule has 1 aliphatic heterocycles. The number of nitriles is 1. The van der Waals surface area contributed by atoms with Gasteiger partial charge < -0.3 is 14.3 Å². The molecule has 0 amide bonds. The van der Waals surface area contributed by atoms with E-state index in [1.54, 1.807) is 6.08 Å². The van der Waals surface area contributed by atoms with E-state index < -0.39 is 0 Å². The Hall–Kier alpha value is -3.00. The zero-order valence-electron chi connectivity index (χ0n) is 14.5. The maximum absolute atomic E-state index is 9.56. The van der Waals surface area contributed by atoms with Crippen molar-refractivity contribution in [3.63, 3.8) is 0 Å². The molecule has 0 bridgehead atoms. The van der Waals surface area contributed by atoms with Crippen LogP contribution >= 0.6 is 0 Å². The number of nitrogens with zero attached hydrogens (tertiary/aromatic N) is 3. The molecule has 2 aromatic heterocycles. The molecule has 4 rings (SSSR count). The molecule has 1 saturated heterocycles. The summed E-state index contributed by atoms with van der Waals surface area (Å²) in [7, 11) is 0. The molecule has 0 atom stereocenters. The SMILES string of the molecule is Cc1cc2nc(/C(C#N)=C\c3ccc(N4CCCC4)o3)[nH]c2cc1C. The summed E-state index contributed by atoms with van der Waals surface area (Å²) in [6, 6.07) is 10.2. The van der Waals surface area contributed by atoms with Gasteiger partial charge in [-0.3, -0.25) is 0 Å². The van der Waals surface area contributed by atoms with Crippen LogP contribution in [0.1, 0.15) is 35.6 Å². The van der Waals surface area contributed by atoms with Crippen LogP contribution in [0.15, 0.2) is 28.7 Å². The molecule has 0 unspecified atom stereocenters. The molecule has 1 fully saturated rings. The molecule has 3 aromatic rings. The van der Waals surface area contributed by atoms with Crippen LogP contribution < -0.4 is 4.90 Å². The molecule has 3 heterocycles. The molecule has 25 heavy (non-hydrogen) atoms. The van der Waals surface area contributed by atoms with Crippen molar-refractivity contribution >= 4 is 28.6 Å². The first-order valence-corrected chi connectivity index (χ1v) is 8.58. The van der Waals surface area contributed by atoms with Crippen LogP contribution in [0.5, 0.6) is 0 Å². The Kier molecular flexibility index (Phi) is 3.81. The van der Waals surface area contributed by atoms with Crippen molar-refractivity contribution in [1.29, 1.82) is 5.26 Å². The average Bonchev–Trinajstić information content (AvgIpc) is 3.33. The van der Waals surface area contributed by atoms with Gasteiger partial charge in [-0.05, 0) is 56.0 Å². The van der Waals surface area contributed by atoms with E-state index in [0.717, 1.165) is 30.0 Å². The predicted octanol–water partition coefficient (Wildman–Crippen LogP) is 4.44. The Morgan fingerprint density at radius 3 is 2.76 bits per heavy atom. The molecule has 0 aliphatic carbocycles. The lowest BCUT2D eigenvalue weighted by Gasteiger charge is -2.12. The van der Waals surface area contributed by atoms with Crippen LogP contribution in [-0.2, 0) is 0 Å².